The molecule has 2 N–H and O–H groups in total. The molecule has 6 nitrogen and oxygen atoms in total. The Morgan fingerprint density at radius 1 is 0.957 bits per heavy atom. The summed E-state index contributed by atoms with van der Waals surface area (Å²) in [6, 6.07) is -0.718. The number of fused-ring (bicyclic) bond motifs is 1. The van der Waals surface area contributed by atoms with Gasteiger partial charge in [0.1, 0.15) is 0 Å². The number of aliphatic imine (C=N–C) groups is 1. The topological polar surface area (TPSA) is 66.0 Å². The first kappa shape index (κ1) is 20.6. The third kappa shape index (κ3) is 4.73. The number of urea groups is 1. The average molecular weight is 508 g/mol. The minimum absolute atomic E-state index is 0.149. The molecule has 0 saturated carbocycles. The summed E-state index contributed by atoms with van der Waals surface area (Å²) in [5.74, 6) is -0.149. The van der Waals surface area contributed by atoms with E-state index in [2.05, 4.69) is 15.6 Å². The molecule has 15 heteroatoms. The average Bonchev–Trinajstić information content (AvgIpc) is 2.32. The molecule has 0 spiro atoms. The van der Waals surface area contributed by atoms with Crippen molar-refractivity contribution < 1.29 is 9.53 Å². The predicted octanol–water partition coefficient (Wildman–Crippen LogP) is 4.08. The number of rotatable bonds is 0. The van der Waals surface area contributed by atoms with Gasteiger partial charge in [0.2, 0.25) is 23.6 Å². The van der Waals surface area contributed by atoms with Crippen LogP contribution in [0.2, 0.25) is 0 Å². The van der Waals surface area contributed by atoms with Crippen LogP contribution in [0.1, 0.15) is 0 Å². The lowest BCUT2D eigenvalue weighted by molar-refractivity contribution is -0.0998. The molecule has 2 heterocycles. The van der Waals surface area contributed by atoms with E-state index in [1.54, 1.807) is 0 Å². The van der Waals surface area contributed by atoms with E-state index in [1.165, 1.54) is 0 Å². The first-order valence-electron chi connectivity index (χ1n) is 5.50. The van der Waals surface area contributed by atoms with Crippen LogP contribution in [0.4, 0.5) is 4.79 Å². The number of hydrogen-bond donors (Lipinski definition) is 2. The number of carbonyl (C=O) groups excluding carboxylic acids is 1. The van der Waals surface area contributed by atoms with Gasteiger partial charge in [-0.15, -0.1) is 0 Å². The van der Waals surface area contributed by atoms with E-state index in [4.69, 9.17) is 109 Å². The number of guanidine groups is 1. The van der Waals surface area contributed by atoms with Gasteiger partial charge in [0.25, 0.3) is 0 Å². The molecule has 132 valence electrons. The van der Waals surface area contributed by atoms with Crippen molar-refractivity contribution in [2.75, 3.05) is 0 Å². The Morgan fingerprint density at radius 2 is 1.52 bits per heavy atom. The normalized spacial score (nSPS) is 29.4. The summed E-state index contributed by atoms with van der Waals surface area (Å²) in [5.41, 5.74) is 0. The fourth-order valence-corrected chi connectivity index (χ4v) is 3.07. The summed E-state index contributed by atoms with van der Waals surface area (Å²) in [6.45, 7) is 0. The second kappa shape index (κ2) is 6.80. The molecule has 2 aliphatic heterocycles. The van der Waals surface area contributed by atoms with Crippen molar-refractivity contribution in [2.45, 2.75) is 30.0 Å². The summed E-state index contributed by atoms with van der Waals surface area (Å²) in [6.07, 6.45) is -4.04. The van der Waals surface area contributed by atoms with Crippen LogP contribution in [0.5, 0.6) is 0 Å². The number of carbonyl (C=O) groups is 1. The highest BCUT2D eigenvalue weighted by Crippen LogP contribution is 2.45. The molecule has 23 heavy (non-hydrogen) atoms. The highest BCUT2D eigenvalue weighted by atomic mass is 35.6. The molecule has 3 unspecified atom stereocenters. The minimum atomic E-state index is -2.06. The van der Waals surface area contributed by atoms with Crippen molar-refractivity contribution in [3.8, 4) is 0 Å². The van der Waals surface area contributed by atoms with Crippen molar-refractivity contribution in [1.82, 2.24) is 15.5 Å². The Bertz CT molecular complexity index is 525. The van der Waals surface area contributed by atoms with E-state index < -0.39 is 36.0 Å². The number of alkyl halides is 9. The maximum Gasteiger partial charge on any atom is 0.323 e. The van der Waals surface area contributed by atoms with Crippen molar-refractivity contribution in [1.29, 1.82) is 0 Å². The molecule has 1 fully saturated rings. The van der Waals surface area contributed by atoms with E-state index in [1.807, 2.05) is 0 Å². The van der Waals surface area contributed by atoms with Gasteiger partial charge in [0, 0.05) is 0 Å². The molecule has 2 aliphatic rings. The van der Waals surface area contributed by atoms with Gasteiger partial charge in [-0.2, -0.15) is 0 Å². The van der Waals surface area contributed by atoms with Crippen LogP contribution in [0.25, 0.3) is 0 Å². The zero-order valence-electron chi connectivity index (χ0n) is 10.3. The molecule has 0 aliphatic carbocycles. The van der Waals surface area contributed by atoms with Gasteiger partial charge in [-0.05, 0) is 0 Å². The van der Waals surface area contributed by atoms with E-state index in [0.717, 1.165) is 4.90 Å². The van der Waals surface area contributed by atoms with Crippen LogP contribution in [0, 0.1) is 0 Å². The Balaban J connectivity index is 2.52. The van der Waals surface area contributed by atoms with Gasteiger partial charge in [0.05, 0.1) is 0 Å². The summed E-state index contributed by atoms with van der Waals surface area (Å²) >= 11 is 52.6. The highest BCUT2D eigenvalue weighted by Gasteiger charge is 2.56. The van der Waals surface area contributed by atoms with Crippen molar-refractivity contribution in [2.24, 2.45) is 4.99 Å². The van der Waals surface area contributed by atoms with Crippen molar-refractivity contribution >= 4 is 116 Å². The quantitative estimate of drug-likeness (QED) is 0.485. The Labute approximate surface area is 175 Å². The van der Waals surface area contributed by atoms with Gasteiger partial charge in [0.15, 0.2) is 12.4 Å². The van der Waals surface area contributed by atoms with Crippen LogP contribution in [-0.4, -0.2) is 46.9 Å². The lowest BCUT2D eigenvalue weighted by atomic mass is 10.3. The second-order valence-corrected chi connectivity index (χ2v) is 11.4. The van der Waals surface area contributed by atoms with E-state index >= 15 is 0 Å². The van der Waals surface area contributed by atoms with E-state index in [-0.39, 0.29) is 5.96 Å². The number of ether oxygens (including phenoxy) is 1. The van der Waals surface area contributed by atoms with Crippen LogP contribution < -0.4 is 10.6 Å². The smallest absolute Gasteiger partial charge is 0.323 e. The molecule has 0 aromatic rings. The number of amides is 2. The molecular weight excluding hydrogens is 503 g/mol. The monoisotopic (exact) mass is 504 g/mol. The molecular formula is C8H5Cl9N4O2. The number of hydrogen-bond acceptors (Lipinski definition) is 4. The van der Waals surface area contributed by atoms with Gasteiger partial charge >= 0.3 is 6.03 Å². The minimum Gasteiger partial charge on any atom is -0.324 e. The SMILES string of the molecule is O=C1NC2=NC(C(Cl)(Cl)Cl)OC(C(Cl)(Cl)Cl)N2C(C(Cl)(Cl)Cl)N1. The molecule has 2 rings (SSSR count). The summed E-state index contributed by atoms with van der Waals surface area (Å²) in [7, 11) is 0. The standard InChI is InChI=1S/C8H5Cl9N4O2/c9-6(10,11)1-18-5(22)20-4-19-2(7(12,13)14)23-3(21(1)4)8(15,16)17/h1-3H,(H2,18,19,20,22). The molecule has 0 aromatic heterocycles. The highest BCUT2D eigenvalue weighted by molar-refractivity contribution is 6.69. The Morgan fingerprint density at radius 3 is 1.96 bits per heavy atom. The number of nitrogens with one attached hydrogen (secondary N) is 2. The van der Waals surface area contributed by atoms with Gasteiger partial charge in [-0.1, -0.05) is 104 Å². The first-order chi connectivity index (χ1) is 10.2. The summed E-state index contributed by atoms with van der Waals surface area (Å²) in [4.78, 5) is 16.8. The third-order valence-electron chi connectivity index (χ3n) is 2.64. The van der Waals surface area contributed by atoms with Gasteiger partial charge in [-0.3, -0.25) is 10.2 Å². The molecule has 2 amide bonds. The van der Waals surface area contributed by atoms with E-state index in [9.17, 15) is 4.79 Å². The molecule has 0 aromatic carbocycles. The van der Waals surface area contributed by atoms with E-state index in [0.29, 0.717) is 0 Å². The first-order valence-corrected chi connectivity index (χ1v) is 8.90. The molecule has 3 atom stereocenters. The Kier molecular flexibility index (Phi) is 6.10. The lowest BCUT2D eigenvalue weighted by Gasteiger charge is -2.50. The molecule has 0 radical (unpaired) electrons. The zero-order chi connectivity index (χ0) is 17.8. The number of halogens is 9. The molecule has 1 saturated heterocycles. The largest absolute Gasteiger partial charge is 0.324 e. The van der Waals surface area contributed by atoms with Crippen molar-refractivity contribution in [3.05, 3.63) is 0 Å². The lowest BCUT2D eigenvalue weighted by Crippen LogP contribution is -2.74. The fraction of sp³-hybridized carbons (Fsp3) is 0.750. The maximum atomic E-state index is 11.7. The second-order valence-electron chi connectivity index (χ2n) is 4.33. The Hall–Kier alpha value is 1.31. The molecule has 0 bridgehead atoms. The van der Waals surface area contributed by atoms with Crippen molar-refractivity contribution in [3.63, 3.8) is 0 Å². The zero-order valence-corrected chi connectivity index (χ0v) is 17.1. The number of nitrogens with zero attached hydrogens (tertiary/aromatic N) is 2. The van der Waals surface area contributed by atoms with Crippen LogP contribution in [-0.2, 0) is 4.74 Å². The van der Waals surface area contributed by atoms with Crippen LogP contribution >= 0.6 is 104 Å². The summed E-state index contributed by atoms with van der Waals surface area (Å²) in [5, 5.41) is 4.70. The predicted molar refractivity (Wildman–Crippen MR) is 94.3 cm³/mol. The maximum absolute atomic E-state index is 11.7. The van der Waals surface area contributed by atoms with Gasteiger partial charge < -0.3 is 10.1 Å². The van der Waals surface area contributed by atoms with Gasteiger partial charge in [-0.25, -0.2) is 9.79 Å². The van der Waals surface area contributed by atoms with Crippen LogP contribution in [0.3, 0.4) is 0 Å². The van der Waals surface area contributed by atoms with Crippen LogP contribution in [0.15, 0.2) is 4.99 Å². The summed E-state index contributed by atoms with van der Waals surface area (Å²) < 4.78 is -0.650. The fourth-order valence-electron chi connectivity index (χ4n) is 1.82. The third-order valence-corrected chi connectivity index (χ3v) is 4.38.